The third-order valence-corrected chi connectivity index (χ3v) is 2.65. The van der Waals surface area contributed by atoms with Gasteiger partial charge in [-0.1, -0.05) is 28.4 Å². The molecule has 0 aliphatic rings. The van der Waals surface area contributed by atoms with Crippen LogP contribution in [-0.2, 0) is 0 Å². The number of halogens is 2. The van der Waals surface area contributed by atoms with Crippen molar-refractivity contribution in [2.24, 2.45) is 10.9 Å². The molecule has 0 unspecified atom stereocenters. The van der Waals surface area contributed by atoms with Crippen LogP contribution in [0.1, 0.15) is 6.92 Å². The number of hydrogen-bond donors (Lipinski definition) is 2. The fourth-order valence-corrected chi connectivity index (χ4v) is 1.48. The van der Waals surface area contributed by atoms with Gasteiger partial charge in [-0.25, -0.2) is 0 Å². The Balaban J connectivity index is 3.08. The molecule has 3 N–H and O–H groups in total. The molecule has 0 saturated carbocycles. The van der Waals surface area contributed by atoms with Crippen LogP contribution in [0.15, 0.2) is 23.4 Å². The monoisotopic (exact) mass is 247 g/mol. The normalized spacial score (nSPS) is 11.5. The van der Waals surface area contributed by atoms with E-state index in [1.54, 1.807) is 23.1 Å². The number of oxime groups is 1. The number of nitrogens with zero attached hydrogens (tertiary/aromatic N) is 2. The molecule has 0 aliphatic heterocycles. The Kier molecular flexibility index (Phi) is 4.05. The van der Waals surface area contributed by atoms with Gasteiger partial charge in [0.15, 0.2) is 0 Å². The predicted molar refractivity (Wildman–Crippen MR) is 62.9 cm³/mol. The minimum Gasteiger partial charge on any atom is -0.408 e. The van der Waals surface area contributed by atoms with Crippen molar-refractivity contribution in [3.05, 3.63) is 28.2 Å². The molecule has 1 aromatic carbocycles. The Morgan fingerprint density at radius 2 is 2.13 bits per heavy atom. The SMILES string of the molecule is CCN(/C(N)=N/O)c1ccc(Cl)c(Cl)c1. The van der Waals surface area contributed by atoms with Crippen molar-refractivity contribution < 1.29 is 5.21 Å². The van der Waals surface area contributed by atoms with E-state index in [0.717, 1.165) is 5.69 Å². The Hall–Kier alpha value is -1.13. The molecule has 0 aliphatic carbocycles. The molecule has 0 amide bonds. The molecule has 82 valence electrons. The van der Waals surface area contributed by atoms with Crippen molar-refractivity contribution in [3.8, 4) is 0 Å². The third-order valence-electron chi connectivity index (χ3n) is 1.91. The summed E-state index contributed by atoms with van der Waals surface area (Å²) in [7, 11) is 0. The number of anilines is 1. The second-order valence-electron chi connectivity index (χ2n) is 2.80. The van der Waals surface area contributed by atoms with Crippen molar-refractivity contribution >= 4 is 34.8 Å². The third kappa shape index (κ3) is 2.67. The Morgan fingerprint density at radius 1 is 1.47 bits per heavy atom. The zero-order valence-corrected chi connectivity index (χ0v) is 9.63. The van der Waals surface area contributed by atoms with Gasteiger partial charge in [-0.2, -0.15) is 0 Å². The van der Waals surface area contributed by atoms with Gasteiger partial charge in [-0.05, 0) is 25.1 Å². The molecule has 0 atom stereocenters. The van der Waals surface area contributed by atoms with E-state index in [1.165, 1.54) is 0 Å². The maximum absolute atomic E-state index is 8.58. The second kappa shape index (κ2) is 5.09. The number of hydrogen-bond acceptors (Lipinski definition) is 2. The van der Waals surface area contributed by atoms with Crippen LogP contribution in [0.25, 0.3) is 0 Å². The molecule has 0 aromatic heterocycles. The van der Waals surface area contributed by atoms with Gasteiger partial charge in [0.1, 0.15) is 0 Å². The summed E-state index contributed by atoms with van der Waals surface area (Å²) < 4.78 is 0. The van der Waals surface area contributed by atoms with Crippen LogP contribution in [-0.4, -0.2) is 17.7 Å². The maximum atomic E-state index is 8.58. The molecule has 1 rings (SSSR count). The standard InChI is InChI=1S/C9H11Cl2N3O/c1-2-14(9(12)13-15)6-3-4-7(10)8(11)5-6/h3-5,15H,2H2,1H3,(H2,12,13). The first-order valence-corrected chi connectivity index (χ1v) is 5.05. The van der Waals surface area contributed by atoms with Crippen molar-refractivity contribution in [1.29, 1.82) is 0 Å². The summed E-state index contributed by atoms with van der Waals surface area (Å²) in [6.45, 7) is 2.44. The van der Waals surface area contributed by atoms with Crippen molar-refractivity contribution in [2.75, 3.05) is 11.4 Å². The number of nitrogens with two attached hydrogens (primary N) is 1. The minimum atomic E-state index is 0.0101. The van der Waals surface area contributed by atoms with Crippen molar-refractivity contribution in [3.63, 3.8) is 0 Å². The van der Waals surface area contributed by atoms with Crippen LogP contribution < -0.4 is 10.6 Å². The minimum absolute atomic E-state index is 0.0101. The van der Waals surface area contributed by atoms with E-state index in [9.17, 15) is 0 Å². The molecule has 0 heterocycles. The molecule has 6 heteroatoms. The van der Waals surface area contributed by atoms with Gasteiger partial charge in [-0.15, -0.1) is 0 Å². The molecule has 0 radical (unpaired) electrons. The second-order valence-corrected chi connectivity index (χ2v) is 3.62. The van der Waals surface area contributed by atoms with Crippen LogP contribution in [0.3, 0.4) is 0 Å². The quantitative estimate of drug-likeness (QED) is 0.366. The summed E-state index contributed by atoms with van der Waals surface area (Å²) in [4.78, 5) is 1.60. The lowest BCUT2D eigenvalue weighted by Gasteiger charge is -2.20. The van der Waals surface area contributed by atoms with Gasteiger partial charge in [0.05, 0.1) is 10.0 Å². The summed E-state index contributed by atoms with van der Waals surface area (Å²) in [6.07, 6.45) is 0. The Bertz CT molecular complexity index is 382. The first-order valence-electron chi connectivity index (χ1n) is 4.30. The molecule has 1 aromatic rings. The smallest absolute Gasteiger partial charge is 0.237 e. The zero-order valence-electron chi connectivity index (χ0n) is 8.11. The molecular formula is C9H11Cl2N3O. The van der Waals surface area contributed by atoms with E-state index >= 15 is 0 Å². The highest BCUT2D eigenvalue weighted by molar-refractivity contribution is 6.42. The summed E-state index contributed by atoms with van der Waals surface area (Å²) >= 11 is 11.6. The highest BCUT2D eigenvalue weighted by Gasteiger charge is 2.10. The topological polar surface area (TPSA) is 61.8 Å². The molecule has 0 spiro atoms. The predicted octanol–water partition coefficient (Wildman–Crippen LogP) is 2.52. The summed E-state index contributed by atoms with van der Waals surface area (Å²) in [5, 5.41) is 12.4. The lowest BCUT2D eigenvalue weighted by atomic mass is 10.3. The maximum Gasteiger partial charge on any atom is 0.237 e. The van der Waals surface area contributed by atoms with Crippen LogP contribution in [0.5, 0.6) is 0 Å². The van der Waals surface area contributed by atoms with Crippen molar-refractivity contribution in [1.82, 2.24) is 0 Å². The molecule has 15 heavy (non-hydrogen) atoms. The van der Waals surface area contributed by atoms with Gasteiger partial charge in [0.2, 0.25) is 5.96 Å². The van der Waals surface area contributed by atoms with Gasteiger partial charge in [0.25, 0.3) is 0 Å². The summed E-state index contributed by atoms with van der Waals surface area (Å²) in [5.74, 6) is 0.0101. The van der Waals surface area contributed by atoms with E-state index in [0.29, 0.717) is 16.6 Å². The first kappa shape index (κ1) is 11.9. The summed E-state index contributed by atoms with van der Waals surface area (Å²) in [6, 6.07) is 5.06. The average Bonchev–Trinajstić information content (AvgIpc) is 2.24. The summed E-state index contributed by atoms with van der Waals surface area (Å²) in [5.41, 5.74) is 6.22. The first-order chi connectivity index (χ1) is 7.10. The molecule has 0 fully saturated rings. The highest BCUT2D eigenvalue weighted by atomic mass is 35.5. The molecule has 0 saturated heterocycles. The molecular weight excluding hydrogens is 237 g/mol. The van der Waals surface area contributed by atoms with E-state index in [1.807, 2.05) is 6.92 Å². The Morgan fingerprint density at radius 3 is 2.60 bits per heavy atom. The fourth-order valence-electron chi connectivity index (χ4n) is 1.18. The van der Waals surface area contributed by atoms with E-state index in [4.69, 9.17) is 34.1 Å². The van der Waals surface area contributed by atoms with E-state index in [2.05, 4.69) is 5.16 Å². The van der Waals surface area contributed by atoms with Gasteiger partial charge in [0, 0.05) is 12.2 Å². The number of guanidine groups is 1. The number of benzene rings is 1. The average molecular weight is 248 g/mol. The number of rotatable bonds is 2. The lowest BCUT2D eigenvalue weighted by molar-refractivity contribution is 0.317. The van der Waals surface area contributed by atoms with Gasteiger partial charge < -0.3 is 15.8 Å². The van der Waals surface area contributed by atoms with Crippen LogP contribution >= 0.6 is 23.2 Å². The lowest BCUT2D eigenvalue weighted by Crippen LogP contribution is -2.37. The largest absolute Gasteiger partial charge is 0.408 e. The van der Waals surface area contributed by atoms with Gasteiger partial charge >= 0.3 is 0 Å². The van der Waals surface area contributed by atoms with E-state index in [-0.39, 0.29) is 5.96 Å². The van der Waals surface area contributed by atoms with Crippen LogP contribution in [0.4, 0.5) is 5.69 Å². The Labute approximate surface area is 97.9 Å². The highest BCUT2D eigenvalue weighted by Crippen LogP contribution is 2.26. The van der Waals surface area contributed by atoms with E-state index < -0.39 is 0 Å². The van der Waals surface area contributed by atoms with Crippen molar-refractivity contribution in [2.45, 2.75) is 6.92 Å². The van der Waals surface area contributed by atoms with Crippen LogP contribution in [0, 0.1) is 0 Å². The van der Waals surface area contributed by atoms with Gasteiger partial charge in [-0.3, -0.25) is 0 Å². The fraction of sp³-hybridized carbons (Fsp3) is 0.222. The molecule has 4 nitrogen and oxygen atoms in total. The molecule has 0 bridgehead atoms. The zero-order chi connectivity index (χ0) is 11.4. The van der Waals surface area contributed by atoms with Crippen LogP contribution in [0.2, 0.25) is 10.0 Å².